The Kier molecular flexibility index (Phi) is 5.27. The SMILES string of the molecule is O=[N+]([O-])c1ccccc1CSc1n[nH]c(CCC2CCCC2)n1. The minimum Gasteiger partial charge on any atom is -0.262 e. The fraction of sp³-hybridized carbons (Fsp3) is 0.500. The van der Waals surface area contributed by atoms with Crippen LogP contribution in [-0.4, -0.2) is 20.1 Å². The number of aromatic amines is 1. The van der Waals surface area contributed by atoms with E-state index in [9.17, 15) is 10.1 Å². The van der Waals surface area contributed by atoms with Gasteiger partial charge in [-0.2, -0.15) is 0 Å². The first-order chi connectivity index (χ1) is 11.2. The van der Waals surface area contributed by atoms with Crippen LogP contribution in [0.4, 0.5) is 5.69 Å². The number of aromatic nitrogens is 3. The first kappa shape index (κ1) is 16.0. The topological polar surface area (TPSA) is 84.7 Å². The Balaban J connectivity index is 1.54. The Morgan fingerprint density at radius 2 is 2.09 bits per heavy atom. The second-order valence-electron chi connectivity index (χ2n) is 5.93. The quantitative estimate of drug-likeness (QED) is 0.468. The number of nitro benzene ring substituents is 1. The van der Waals surface area contributed by atoms with E-state index in [1.165, 1.54) is 49.9 Å². The van der Waals surface area contributed by atoms with E-state index in [0.29, 0.717) is 16.5 Å². The average Bonchev–Trinajstić information content (AvgIpc) is 3.22. The molecule has 1 fully saturated rings. The number of thioether (sulfide) groups is 1. The summed E-state index contributed by atoms with van der Waals surface area (Å²) in [6.45, 7) is 0. The Hall–Kier alpha value is -1.89. The molecule has 0 bridgehead atoms. The van der Waals surface area contributed by atoms with Gasteiger partial charge in [0.15, 0.2) is 0 Å². The third-order valence-electron chi connectivity index (χ3n) is 4.32. The van der Waals surface area contributed by atoms with Gasteiger partial charge in [0, 0.05) is 23.8 Å². The number of aryl methyl sites for hydroxylation is 1. The number of nitrogens with one attached hydrogen (secondary N) is 1. The second kappa shape index (κ2) is 7.59. The highest BCUT2D eigenvalue weighted by atomic mass is 32.2. The Labute approximate surface area is 139 Å². The van der Waals surface area contributed by atoms with Crippen molar-refractivity contribution in [3.05, 3.63) is 45.8 Å². The highest BCUT2D eigenvalue weighted by Gasteiger charge is 2.16. The molecule has 1 aliphatic carbocycles. The minimum atomic E-state index is -0.346. The fourth-order valence-electron chi connectivity index (χ4n) is 3.05. The number of nitro groups is 1. The van der Waals surface area contributed by atoms with Gasteiger partial charge in [-0.05, 0) is 12.3 Å². The number of nitrogens with zero attached hydrogens (tertiary/aromatic N) is 3. The Bertz CT molecular complexity index is 668. The summed E-state index contributed by atoms with van der Waals surface area (Å²) in [4.78, 5) is 15.1. The van der Waals surface area contributed by atoms with Crippen LogP contribution in [0.5, 0.6) is 0 Å². The summed E-state index contributed by atoms with van der Waals surface area (Å²) in [5.74, 6) is 2.25. The van der Waals surface area contributed by atoms with E-state index in [2.05, 4.69) is 15.2 Å². The molecule has 6 nitrogen and oxygen atoms in total. The van der Waals surface area contributed by atoms with Gasteiger partial charge in [0.25, 0.3) is 5.69 Å². The number of hydrogen-bond donors (Lipinski definition) is 1. The molecule has 1 heterocycles. The third kappa shape index (κ3) is 4.31. The van der Waals surface area contributed by atoms with Crippen molar-refractivity contribution in [2.24, 2.45) is 5.92 Å². The molecule has 0 spiro atoms. The summed E-state index contributed by atoms with van der Waals surface area (Å²) in [5.41, 5.74) is 0.844. The average molecular weight is 332 g/mol. The standard InChI is InChI=1S/C16H20N4O2S/c21-20(22)14-8-4-3-7-13(14)11-23-16-17-15(18-19-16)10-9-12-5-1-2-6-12/h3-4,7-8,12H,1-2,5-6,9-11H2,(H,17,18,19). The van der Waals surface area contributed by atoms with Crippen LogP contribution >= 0.6 is 11.8 Å². The number of benzene rings is 1. The van der Waals surface area contributed by atoms with Gasteiger partial charge in [0.1, 0.15) is 5.82 Å². The molecule has 3 rings (SSSR count). The second-order valence-corrected chi connectivity index (χ2v) is 6.87. The number of H-pyrrole nitrogens is 1. The van der Waals surface area contributed by atoms with E-state index in [1.54, 1.807) is 12.1 Å². The molecule has 0 aliphatic heterocycles. The molecule has 1 aromatic heterocycles. The Morgan fingerprint density at radius 1 is 1.30 bits per heavy atom. The van der Waals surface area contributed by atoms with Crippen LogP contribution in [0.25, 0.3) is 0 Å². The van der Waals surface area contributed by atoms with Crippen molar-refractivity contribution >= 4 is 17.4 Å². The maximum Gasteiger partial charge on any atom is 0.273 e. The van der Waals surface area contributed by atoms with Gasteiger partial charge in [0.05, 0.1) is 4.92 Å². The van der Waals surface area contributed by atoms with E-state index in [4.69, 9.17) is 0 Å². The third-order valence-corrected chi connectivity index (χ3v) is 5.22. The van der Waals surface area contributed by atoms with Crippen LogP contribution in [0.2, 0.25) is 0 Å². The van der Waals surface area contributed by atoms with Gasteiger partial charge in [-0.1, -0.05) is 55.6 Å². The van der Waals surface area contributed by atoms with E-state index < -0.39 is 0 Å². The van der Waals surface area contributed by atoms with Crippen LogP contribution in [0.3, 0.4) is 0 Å². The molecule has 0 amide bonds. The van der Waals surface area contributed by atoms with Crippen molar-refractivity contribution in [2.45, 2.75) is 49.4 Å². The number of rotatable bonds is 7. The highest BCUT2D eigenvalue weighted by molar-refractivity contribution is 7.98. The normalized spacial score (nSPS) is 15.1. The molecule has 0 radical (unpaired) electrons. The molecular weight excluding hydrogens is 312 g/mol. The lowest BCUT2D eigenvalue weighted by molar-refractivity contribution is -0.385. The molecule has 1 N–H and O–H groups in total. The molecule has 1 aromatic carbocycles. The monoisotopic (exact) mass is 332 g/mol. The zero-order chi connectivity index (χ0) is 16.1. The maximum atomic E-state index is 11.0. The maximum absolute atomic E-state index is 11.0. The van der Waals surface area contributed by atoms with E-state index in [0.717, 1.165) is 18.2 Å². The smallest absolute Gasteiger partial charge is 0.262 e. The zero-order valence-corrected chi connectivity index (χ0v) is 13.7. The van der Waals surface area contributed by atoms with Crippen LogP contribution in [0.1, 0.15) is 43.5 Å². The summed E-state index contributed by atoms with van der Waals surface area (Å²) in [6, 6.07) is 6.80. The van der Waals surface area contributed by atoms with Crippen LogP contribution in [-0.2, 0) is 12.2 Å². The van der Waals surface area contributed by atoms with Crippen molar-refractivity contribution in [3.8, 4) is 0 Å². The van der Waals surface area contributed by atoms with E-state index in [1.807, 2.05) is 6.07 Å². The summed E-state index contributed by atoms with van der Waals surface area (Å²) < 4.78 is 0. The van der Waals surface area contributed by atoms with Gasteiger partial charge in [0.2, 0.25) is 5.16 Å². The molecule has 0 atom stereocenters. The molecular formula is C16H20N4O2S. The van der Waals surface area contributed by atoms with E-state index >= 15 is 0 Å². The Morgan fingerprint density at radius 3 is 2.87 bits per heavy atom. The summed E-state index contributed by atoms with van der Waals surface area (Å²) in [6.07, 6.45) is 7.50. The molecule has 7 heteroatoms. The molecule has 2 aromatic rings. The minimum absolute atomic E-state index is 0.150. The van der Waals surface area contributed by atoms with Gasteiger partial charge in [-0.3, -0.25) is 15.2 Å². The highest BCUT2D eigenvalue weighted by Crippen LogP contribution is 2.29. The predicted molar refractivity (Wildman–Crippen MR) is 89.3 cm³/mol. The lowest BCUT2D eigenvalue weighted by atomic mass is 10.0. The molecule has 0 unspecified atom stereocenters. The molecule has 122 valence electrons. The lowest BCUT2D eigenvalue weighted by Gasteiger charge is -2.05. The van der Waals surface area contributed by atoms with Crippen molar-refractivity contribution in [1.82, 2.24) is 15.2 Å². The number of hydrogen-bond acceptors (Lipinski definition) is 5. The van der Waals surface area contributed by atoms with Gasteiger partial charge >= 0.3 is 0 Å². The van der Waals surface area contributed by atoms with Crippen molar-refractivity contribution in [2.75, 3.05) is 0 Å². The van der Waals surface area contributed by atoms with Crippen molar-refractivity contribution in [3.63, 3.8) is 0 Å². The van der Waals surface area contributed by atoms with Gasteiger partial charge in [-0.25, -0.2) is 4.98 Å². The van der Waals surface area contributed by atoms with Crippen molar-refractivity contribution in [1.29, 1.82) is 0 Å². The molecule has 23 heavy (non-hydrogen) atoms. The summed E-state index contributed by atoms with van der Waals surface area (Å²) in [7, 11) is 0. The van der Waals surface area contributed by atoms with Gasteiger partial charge in [-0.15, -0.1) is 5.10 Å². The summed E-state index contributed by atoms with van der Waals surface area (Å²) in [5, 5.41) is 18.9. The first-order valence-corrected chi connectivity index (χ1v) is 8.97. The van der Waals surface area contributed by atoms with Crippen LogP contribution in [0, 0.1) is 16.0 Å². The first-order valence-electron chi connectivity index (χ1n) is 7.99. The molecule has 1 saturated carbocycles. The number of para-hydroxylation sites is 1. The molecule has 0 saturated heterocycles. The van der Waals surface area contributed by atoms with Crippen LogP contribution in [0.15, 0.2) is 29.4 Å². The lowest BCUT2D eigenvalue weighted by Crippen LogP contribution is -1.97. The predicted octanol–water partition coefficient (Wildman–Crippen LogP) is 4.13. The van der Waals surface area contributed by atoms with Crippen LogP contribution < -0.4 is 0 Å². The van der Waals surface area contributed by atoms with E-state index in [-0.39, 0.29) is 10.6 Å². The fourth-order valence-corrected chi connectivity index (χ4v) is 3.86. The zero-order valence-electron chi connectivity index (χ0n) is 12.9. The molecule has 1 aliphatic rings. The van der Waals surface area contributed by atoms with Gasteiger partial charge < -0.3 is 0 Å². The summed E-state index contributed by atoms with van der Waals surface area (Å²) >= 11 is 1.43. The van der Waals surface area contributed by atoms with Crippen molar-refractivity contribution < 1.29 is 4.92 Å². The largest absolute Gasteiger partial charge is 0.273 e.